The van der Waals surface area contributed by atoms with Crippen molar-refractivity contribution in [2.45, 2.75) is 19.1 Å². The minimum absolute atomic E-state index is 0.124. The molecular weight excluding hydrogens is 182 g/mol. The number of nitrogens with zero attached hydrogens (tertiary/aromatic N) is 2. The first-order chi connectivity index (χ1) is 6.81. The van der Waals surface area contributed by atoms with Gasteiger partial charge in [0.2, 0.25) is 0 Å². The molecule has 1 aromatic heterocycles. The average Bonchev–Trinajstić information content (AvgIpc) is 2.70. The van der Waals surface area contributed by atoms with Crippen molar-refractivity contribution in [1.82, 2.24) is 9.55 Å². The standard InChI is InChI=1S/C9H13N3O2/c1-10-7-4-5-12(9(13)11-7)8-3-2-6-14-8/h4-5,8H,2-3,6H2,1H3,(H,10,11,13). The number of aromatic nitrogens is 2. The quantitative estimate of drug-likeness (QED) is 0.750. The Kier molecular flexibility index (Phi) is 2.49. The van der Waals surface area contributed by atoms with E-state index < -0.39 is 0 Å². The van der Waals surface area contributed by atoms with E-state index >= 15 is 0 Å². The second-order valence-corrected chi connectivity index (χ2v) is 3.22. The lowest BCUT2D eigenvalue weighted by Gasteiger charge is -2.12. The molecule has 1 aliphatic rings. The minimum atomic E-state index is -0.260. The van der Waals surface area contributed by atoms with E-state index in [4.69, 9.17) is 4.74 Å². The van der Waals surface area contributed by atoms with E-state index in [0.717, 1.165) is 19.4 Å². The fraction of sp³-hybridized carbons (Fsp3) is 0.556. The molecule has 1 unspecified atom stereocenters. The highest BCUT2D eigenvalue weighted by atomic mass is 16.5. The van der Waals surface area contributed by atoms with E-state index in [1.807, 2.05) is 0 Å². The second-order valence-electron chi connectivity index (χ2n) is 3.22. The van der Waals surface area contributed by atoms with Crippen LogP contribution in [0.3, 0.4) is 0 Å². The third-order valence-corrected chi connectivity index (χ3v) is 2.30. The summed E-state index contributed by atoms with van der Waals surface area (Å²) in [5.41, 5.74) is -0.260. The van der Waals surface area contributed by atoms with Gasteiger partial charge in [0.15, 0.2) is 0 Å². The Morgan fingerprint density at radius 3 is 3.14 bits per heavy atom. The van der Waals surface area contributed by atoms with Gasteiger partial charge in [-0.25, -0.2) is 4.79 Å². The van der Waals surface area contributed by atoms with Crippen molar-refractivity contribution in [3.8, 4) is 0 Å². The van der Waals surface area contributed by atoms with Gasteiger partial charge in [-0.05, 0) is 18.9 Å². The molecule has 1 fully saturated rings. The molecule has 1 aliphatic heterocycles. The zero-order chi connectivity index (χ0) is 9.97. The van der Waals surface area contributed by atoms with Gasteiger partial charge in [-0.15, -0.1) is 0 Å². The van der Waals surface area contributed by atoms with Crippen LogP contribution in [0.2, 0.25) is 0 Å². The molecule has 1 N–H and O–H groups in total. The molecule has 1 aromatic rings. The second kappa shape index (κ2) is 3.79. The summed E-state index contributed by atoms with van der Waals surface area (Å²) in [5.74, 6) is 0.587. The van der Waals surface area contributed by atoms with E-state index in [1.54, 1.807) is 19.3 Å². The molecule has 76 valence electrons. The van der Waals surface area contributed by atoms with Crippen molar-refractivity contribution in [2.24, 2.45) is 0 Å². The Labute approximate surface area is 81.7 Å². The molecule has 5 heteroatoms. The number of ether oxygens (including phenoxy) is 1. The summed E-state index contributed by atoms with van der Waals surface area (Å²) in [5, 5.41) is 2.82. The normalized spacial score (nSPS) is 21.1. The van der Waals surface area contributed by atoms with Crippen molar-refractivity contribution in [2.75, 3.05) is 19.0 Å². The van der Waals surface area contributed by atoms with Gasteiger partial charge in [0.1, 0.15) is 12.0 Å². The van der Waals surface area contributed by atoms with E-state index in [-0.39, 0.29) is 11.9 Å². The van der Waals surface area contributed by atoms with Crippen LogP contribution in [-0.2, 0) is 4.74 Å². The molecule has 0 bridgehead atoms. The van der Waals surface area contributed by atoms with Crippen LogP contribution in [0.15, 0.2) is 17.1 Å². The lowest BCUT2D eigenvalue weighted by Crippen LogP contribution is -2.26. The molecular formula is C9H13N3O2. The number of hydrogen-bond acceptors (Lipinski definition) is 4. The van der Waals surface area contributed by atoms with Gasteiger partial charge in [-0.2, -0.15) is 4.98 Å². The zero-order valence-electron chi connectivity index (χ0n) is 8.06. The summed E-state index contributed by atoms with van der Waals surface area (Å²) < 4.78 is 6.93. The molecule has 0 aromatic carbocycles. The van der Waals surface area contributed by atoms with Crippen LogP contribution < -0.4 is 11.0 Å². The number of rotatable bonds is 2. The molecule has 14 heavy (non-hydrogen) atoms. The molecule has 1 saturated heterocycles. The summed E-state index contributed by atoms with van der Waals surface area (Å²) >= 11 is 0. The first-order valence-electron chi connectivity index (χ1n) is 4.70. The van der Waals surface area contributed by atoms with E-state index in [2.05, 4.69) is 10.3 Å². The molecule has 5 nitrogen and oxygen atoms in total. The van der Waals surface area contributed by atoms with Crippen LogP contribution in [0.25, 0.3) is 0 Å². The van der Waals surface area contributed by atoms with Crippen LogP contribution in [0.1, 0.15) is 19.1 Å². The molecule has 0 spiro atoms. The van der Waals surface area contributed by atoms with Gasteiger partial charge in [0.05, 0.1) is 0 Å². The van der Waals surface area contributed by atoms with E-state index in [1.165, 1.54) is 4.57 Å². The Morgan fingerprint density at radius 2 is 2.57 bits per heavy atom. The Balaban J connectivity index is 2.30. The fourth-order valence-corrected chi connectivity index (χ4v) is 1.55. The SMILES string of the molecule is CNc1ccn(C2CCCO2)c(=O)n1. The first kappa shape index (κ1) is 9.21. The largest absolute Gasteiger partial charge is 0.373 e. The topological polar surface area (TPSA) is 56.2 Å². The third-order valence-electron chi connectivity index (χ3n) is 2.30. The molecule has 0 aliphatic carbocycles. The van der Waals surface area contributed by atoms with E-state index in [9.17, 15) is 4.79 Å². The number of nitrogens with one attached hydrogen (secondary N) is 1. The molecule has 1 atom stereocenters. The summed E-state index contributed by atoms with van der Waals surface area (Å²) in [6, 6.07) is 1.77. The number of anilines is 1. The first-order valence-corrected chi connectivity index (χ1v) is 4.70. The van der Waals surface area contributed by atoms with Crippen molar-refractivity contribution in [3.63, 3.8) is 0 Å². The van der Waals surface area contributed by atoms with Crippen LogP contribution in [-0.4, -0.2) is 23.2 Å². The monoisotopic (exact) mass is 195 g/mol. The van der Waals surface area contributed by atoms with E-state index in [0.29, 0.717) is 5.82 Å². The molecule has 2 heterocycles. The lowest BCUT2D eigenvalue weighted by molar-refractivity contribution is 0.0528. The van der Waals surface area contributed by atoms with Crippen molar-refractivity contribution < 1.29 is 4.74 Å². The van der Waals surface area contributed by atoms with Gasteiger partial charge in [-0.3, -0.25) is 4.57 Å². The third kappa shape index (κ3) is 1.63. The Bertz CT molecular complexity index is 369. The van der Waals surface area contributed by atoms with Gasteiger partial charge >= 0.3 is 5.69 Å². The maximum Gasteiger partial charge on any atom is 0.351 e. The molecule has 0 saturated carbocycles. The average molecular weight is 195 g/mol. The minimum Gasteiger partial charge on any atom is -0.373 e. The molecule has 0 radical (unpaired) electrons. The zero-order valence-corrected chi connectivity index (χ0v) is 8.06. The Morgan fingerprint density at radius 1 is 1.71 bits per heavy atom. The van der Waals surface area contributed by atoms with Crippen LogP contribution in [0.4, 0.5) is 5.82 Å². The van der Waals surface area contributed by atoms with Crippen molar-refractivity contribution in [1.29, 1.82) is 0 Å². The molecule has 0 amide bonds. The maximum absolute atomic E-state index is 11.5. The highest BCUT2D eigenvalue weighted by Gasteiger charge is 2.18. The highest BCUT2D eigenvalue weighted by molar-refractivity contribution is 5.30. The predicted molar refractivity (Wildman–Crippen MR) is 52.3 cm³/mol. The van der Waals surface area contributed by atoms with Gasteiger partial charge < -0.3 is 10.1 Å². The lowest BCUT2D eigenvalue weighted by atomic mass is 10.3. The fourth-order valence-electron chi connectivity index (χ4n) is 1.55. The van der Waals surface area contributed by atoms with Crippen molar-refractivity contribution in [3.05, 3.63) is 22.7 Å². The van der Waals surface area contributed by atoms with Crippen LogP contribution in [0.5, 0.6) is 0 Å². The van der Waals surface area contributed by atoms with Crippen LogP contribution in [0, 0.1) is 0 Å². The highest BCUT2D eigenvalue weighted by Crippen LogP contribution is 2.20. The summed E-state index contributed by atoms with van der Waals surface area (Å²) in [4.78, 5) is 15.4. The van der Waals surface area contributed by atoms with Gasteiger partial charge in [-0.1, -0.05) is 0 Å². The molecule has 2 rings (SSSR count). The van der Waals surface area contributed by atoms with Gasteiger partial charge in [0, 0.05) is 19.9 Å². The Hall–Kier alpha value is -1.36. The summed E-state index contributed by atoms with van der Waals surface area (Å²) in [7, 11) is 1.73. The summed E-state index contributed by atoms with van der Waals surface area (Å²) in [6.45, 7) is 0.727. The predicted octanol–water partition coefficient (Wildman–Crippen LogP) is 0.594. The maximum atomic E-state index is 11.5. The van der Waals surface area contributed by atoms with Crippen LogP contribution >= 0.6 is 0 Å². The van der Waals surface area contributed by atoms with Crippen molar-refractivity contribution >= 4 is 5.82 Å². The summed E-state index contributed by atoms with van der Waals surface area (Å²) in [6.07, 6.45) is 3.49. The number of hydrogen-bond donors (Lipinski definition) is 1. The smallest absolute Gasteiger partial charge is 0.351 e. The van der Waals surface area contributed by atoms with Gasteiger partial charge in [0.25, 0.3) is 0 Å².